The Bertz CT molecular complexity index is 1030. The Morgan fingerprint density at radius 2 is 1.50 bits per heavy atom. The number of hydrogen-bond donors (Lipinski definition) is 0. The molecule has 1 amide bonds. The van der Waals surface area contributed by atoms with Crippen LogP contribution in [0, 0.1) is 13.8 Å². The third kappa shape index (κ3) is 8.44. The second kappa shape index (κ2) is 15.3. The fourth-order valence-electron chi connectivity index (χ4n) is 4.97. The van der Waals surface area contributed by atoms with Gasteiger partial charge in [-0.3, -0.25) is 4.79 Å². The maximum atomic E-state index is 12.9. The molecule has 1 aliphatic rings. The van der Waals surface area contributed by atoms with Crippen LogP contribution in [0.1, 0.15) is 68.6 Å². The number of aryl methyl sites for hydroxylation is 2. The lowest BCUT2D eigenvalue weighted by molar-refractivity contribution is -0.126. The molecule has 0 N–H and O–H groups in total. The maximum Gasteiger partial charge on any atom is 0.246 e. The number of amides is 1. The van der Waals surface area contributed by atoms with E-state index in [1.54, 1.807) is 20.3 Å². The average Bonchev–Trinajstić information content (AvgIpc) is 2.93. The van der Waals surface area contributed by atoms with Crippen molar-refractivity contribution in [2.75, 3.05) is 51.9 Å². The van der Waals surface area contributed by atoms with Crippen molar-refractivity contribution in [2.45, 2.75) is 65.7 Å². The van der Waals surface area contributed by atoms with Gasteiger partial charge in [0.2, 0.25) is 11.7 Å². The summed E-state index contributed by atoms with van der Waals surface area (Å²) in [6.45, 7) is 10.2. The number of rotatable bonds is 14. The number of benzene rings is 2. The molecule has 2 aromatic carbocycles. The number of piperazine rings is 1. The minimum absolute atomic E-state index is 0.0162. The first-order valence-corrected chi connectivity index (χ1v) is 14.1. The van der Waals surface area contributed by atoms with E-state index in [4.69, 9.17) is 14.2 Å². The highest BCUT2D eigenvalue weighted by molar-refractivity contribution is 5.92. The Hall–Kier alpha value is -3.15. The molecular weight excluding hydrogens is 476 g/mol. The van der Waals surface area contributed by atoms with Crippen LogP contribution in [0.4, 0.5) is 5.69 Å². The number of ether oxygens (including phenoxy) is 3. The van der Waals surface area contributed by atoms with E-state index >= 15 is 0 Å². The van der Waals surface area contributed by atoms with Gasteiger partial charge in [0, 0.05) is 37.9 Å². The number of carbonyl (C=O) groups is 1. The van der Waals surface area contributed by atoms with Gasteiger partial charge in [0.05, 0.1) is 20.8 Å². The molecule has 0 aliphatic carbocycles. The van der Waals surface area contributed by atoms with Crippen molar-refractivity contribution >= 4 is 17.7 Å². The summed E-state index contributed by atoms with van der Waals surface area (Å²) < 4.78 is 17.3. The third-order valence-corrected chi connectivity index (χ3v) is 7.18. The molecule has 1 fully saturated rings. The molecule has 3 rings (SSSR count). The SMILES string of the molecule is CCCCCCCCCOc1c(OC)cc(/C=C/C(=O)N2CCN(c3ccc(C)cc3C)CC2)cc1OC. The molecule has 2 aromatic rings. The van der Waals surface area contributed by atoms with E-state index in [2.05, 4.69) is 43.9 Å². The number of anilines is 1. The van der Waals surface area contributed by atoms with E-state index in [0.717, 1.165) is 31.5 Å². The summed E-state index contributed by atoms with van der Waals surface area (Å²) in [4.78, 5) is 17.2. The van der Waals surface area contributed by atoms with Gasteiger partial charge in [-0.15, -0.1) is 0 Å². The van der Waals surface area contributed by atoms with Crippen LogP contribution in [0.15, 0.2) is 36.4 Å². The molecule has 0 aromatic heterocycles. The Kier molecular flexibility index (Phi) is 11.8. The van der Waals surface area contributed by atoms with Gasteiger partial charge >= 0.3 is 0 Å². The smallest absolute Gasteiger partial charge is 0.246 e. The first-order chi connectivity index (χ1) is 18.5. The summed E-state index contributed by atoms with van der Waals surface area (Å²) in [5.74, 6) is 1.86. The largest absolute Gasteiger partial charge is 0.493 e. The van der Waals surface area contributed by atoms with Crippen LogP contribution in [0.2, 0.25) is 0 Å². The van der Waals surface area contributed by atoms with Gasteiger partial charge < -0.3 is 24.0 Å². The van der Waals surface area contributed by atoms with E-state index in [0.29, 0.717) is 36.9 Å². The maximum absolute atomic E-state index is 12.9. The van der Waals surface area contributed by atoms with E-state index < -0.39 is 0 Å². The lowest BCUT2D eigenvalue weighted by Crippen LogP contribution is -2.48. The number of carbonyl (C=O) groups excluding carboxylic acids is 1. The summed E-state index contributed by atoms with van der Waals surface area (Å²) >= 11 is 0. The molecule has 208 valence electrons. The zero-order valence-electron chi connectivity index (χ0n) is 24.1. The second-order valence-electron chi connectivity index (χ2n) is 10.2. The molecule has 1 aliphatic heterocycles. The van der Waals surface area contributed by atoms with Crippen molar-refractivity contribution in [1.29, 1.82) is 0 Å². The molecule has 38 heavy (non-hydrogen) atoms. The second-order valence-corrected chi connectivity index (χ2v) is 10.2. The Balaban J connectivity index is 1.54. The predicted octanol–water partition coefficient (Wildman–Crippen LogP) is 6.81. The average molecular weight is 523 g/mol. The number of nitrogens with zero attached hydrogens (tertiary/aromatic N) is 2. The normalized spacial score (nSPS) is 13.7. The van der Waals surface area contributed by atoms with E-state index in [1.165, 1.54) is 48.9 Å². The zero-order valence-corrected chi connectivity index (χ0v) is 24.1. The lowest BCUT2D eigenvalue weighted by atomic mass is 10.1. The summed E-state index contributed by atoms with van der Waals surface area (Å²) in [6, 6.07) is 10.3. The van der Waals surface area contributed by atoms with Crippen LogP contribution in [-0.2, 0) is 4.79 Å². The molecule has 0 bridgehead atoms. The number of unbranched alkanes of at least 4 members (excludes halogenated alkanes) is 6. The molecule has 6 nitrogen and oxygen atoms in total. The van der Waals surface area contributed by atoms with Crippen molar-refractivity contribution in [1.82, 2.24) is 4.90 Å². The first-order valence-electron chi connectivity index (χ1n) is 14.1. The topological polar surface area (TPSA) is 51.2 Å². The standard InChI is InChI=1S/C32H46N2O4/c1-6-7-8-9-10-11-12-21-38-32-29(36-4)23-27(24-30(32)37-5)14-16-31(35)34-19-17-33(18-20-34)28-15-13-25(2)22-26(28)3/h13-16,22-24H,6-12,17-21H2,1-5H3/b16-14+. The van der Waals surface area contributed by atoms with Gasteiger partial charge in [0.15, 0.2) is 11.5 Å². The van der Waals surface area contributed by atoms with Crippen LogP contribution in [0.25, 0.3) is 6.08 Å². The van der Waals surface area contributed by atoms with E-state index in [1.807, 2.05) is 23.1 Å². The highest BCUT2D eigenvalue weighted by atomic mass is 16.5. The van der Waals surface area contributed by atoms with Gasteiger partial charge in [-0.25, -0.2) is 0 Å². The predicted molar refractivity (Wildman–Crippen MR) is 157 cm³/mol. The minimum atomic E-state index is 0.0162. The van der Waals surface area contributed by atoms with Gasteiger partial charge in [0.1, 0.15) is 0 Å². The zero-order chi connectivity index (χ0) is 27.3. The van der Waals surface area contributed by atoms with Crippen LogP contribution in [0.5, 0.6) is 17.2 Å². The van der Waals surface area contributed by atoms with E-state index in [-0.39, 0.29) is 5.91 Å². The van der Waals surface area contributed by atoms with Gasteiger partial charge in [-0.05, 0) is 55.7 Å². The summed E-state index contributed by atoms with van der Waals surface area (Å²) in [6.07, 6.45) is 12.1. The van der Waals surface area contributed by atoms with Gasteiger partial charge in [-0.2, -0.15) is 0 Å². The van der Waals surface area contributed by atoms with E-state index in [9.17, 15) is 4.79 Å². The number of hydrogen-bond acceptors (Lipinski definition) is 5. The van der Waals surface area contributed by atoms with Crippen molar-refractivity contribution < 1.29 is 19.0 Å². The van der Waals surface area contributed by atoms with Gasteiger partial charge in [0.25, 0.3) is 0 Å². The monoisotopic (exact) mass is 522 g/mol. The van der Waals surface area contributed by atoms with Crippen molar-refractivity contribution in [2.24, 2.45) is 0 Å². The fourth-order valence-corrected chi connectivity index (χ4v) is 4.97. The molecule has 0 radical (unpaired) electrons. The molecule has 0 saturated carbocycles. The van der Waals surface area contributed by atoms with Crippen LogP contribution < -0.4 is 19.1 Å². The Morgan fingerprint density at radius 3 is 2.11 bits per heavy atom. The molecule has 0 atom stereocenters. The number of methoxy groups -OCH3 is 2. The van der Waals surface area contributed by atoms with Crippen molar-refractivity contribution in [3.05, 3.63) is 53.1 Å². The van der Waals surface area contributed by atoms with Crippen LogP contribution in [-0.4, -0.2) is 57.8 Å². The lowest BCUT2D eigenvalue weighted by Gasteiger charge is -2.36. The fraction of sp³-hybridized carbons (Fsp3) is 0.531. The highest BCUT2D eigenvalue weighted by Crippen LogP contribution is 2.39. The summed E-state index contributed by atoms with van der Waals surface area (Å²) in [5, 5.41) is 0. The summed E-state index contributed by atoms with van der Waals surface area (Å²) in [5.41, 5.74) is 4.64. The summed E-state index contributed by atoms with van der Waals surface area (Å²) in [7, 11) is 3.26. The highest BCUT2D eigenvalue weighted by Gasteiger charge is 2.21. The molecule has 0 unspecified atom stereocenters. The first kappa shape index (κ1) is 29.4. The third-order valence-electron chi connectivity index (χ3n) is 7.18. The molecule has 1 heterocycles. The molecule has 0 spiro atoms. The quantitative estimate of drug-likeness (QED) is 0.201. The van der Waals surface area contributed by atoms with Crippen LogP contribution >= 0.6 is 0 Å². The van der Waals surface area contributed by atoms with Crippen LogP contribution in [0.3, 0.4) is 0 Å². The molecule has 1 saturated heterocycles. The van der Waals surface area contributed by atoms with Crippen molar-refractivity contribution in [3.63, 3.8) is 0 Å². The minimum Gasteiger partial charge on any atom is -0.493 e. The Labute approximate surface area is 229 Å². The van der Waals surface area contributed by atoms with Crippen molar-refractivity contribution in [3.8, 4) is 17.2 Å². The molecule has 6 heteroatoms. The van der Waals surface area contributed by atoms with Gasteiger partial charge in [-0.1, -0.05) is 63.1 Å². The Morgan fingerprint density at radius 1 is 0.868 bits per heavy atom. The molecular formula is C32H46N2O4.